The van der Waals surface area contributed by atoms with Crippen LogP contribution < -0.4 is 10.2 Å². The molecule has 0 amide bonds. The maximum atomic E-state index is 4.27. The van der Waals surface area contributed by atoms with Gasteiger partial charge in [-0.3, -0.25) is 0 Å². The van der Waals surface area contributed by atoms with Gasteiger partial charge in [0.05, 0.1) is 12.4 Å². The van der Waals surface area contributed by atoms with Crippen molar-refractivity contribution in [3.63, 3.8) is 0 Å². The minimum absolute atomic E-state index is 0.395. The van der Waals surface area contributed by atoms with Gasteiger partial charge in [0.1, 0.15) is 0 Å². The second kappa shape index (κ2) is 5.21. The molecule has 2 rings (SSSR count). The van der Waals surface area contributed by atoms with Crippen LogP contribution in [0.3, 0.4) is 0 Å². The summed E-state index contributed by atoms with van der Waals surface area (Å²) in [4.78, 5) is 6.47. The Balaban J connectivity index is 2.05. The summed E-state index contributed by atoms with van der Waals surface area (Å²) in [5.74, 6) is 0.728. The summed E-state index contributed by atoms with van der Waals surface area (Å²) in [5.41, 5.74) is 0. The van der Waals surface area contributed by atoms with Gasteiger partial charge in [-0.05, 0) is 33.2 Å². The molecule has 88 valence electrons. The number of anilines is 1. The Morgan fingerprint density at radius 2 is 2.38 bits per heavy atom. The molecule has 1 aliphatic rings. The van der Waals surface area contributed by atoms with Crippen molar-refractivity contribution in [1.29, 1.82) is 0 Å². The van der Waals surface area contributed by atoms with E-state index in [1.54, 1.807) is 12.4 Å². The van der Waals surface area contributed by atoms with Crippen molar-refractivity contribution in [2.24, 2.45) is 0 Å². The molecule has 1 atom stereocenters. The van der Waals surface area contributed by atoms with Gasteiger partial charge in [-0.15, -0.1) is 5.10 Å². The summed E-state index contributed by atoms with van der Waals surface area (Å²) in [6.07, 6.45) is 5.81. The fourth-order valence-electron chi connectivity index (χ4n) is 2.05. The molecule has 1 unspecified atom stereocenters. The van der Waals surface area contributed by atoms with Crippen molar-refractivity contribution < 1.29 is 0 Å². The van der Waals surface area contributed by atoms with Crippen molar-refractivity contribution in [1.82, 2.24) is 20.5 Å². The molecule has 16 heavy (non-hydrogen) atoms. The lowest BCUT2D eigenvalue weighted by molar-refractivity contribution is 0.542. The van der Waals surface area contributed by atoms with Crippen LogP contribution in [0.4, 0.5) is 5.95 Å². The molecular weight excluding hydrogens is 202 g/mol. The van der Waals surface area contributed by atoms with E-state index in [9.17, 15) is 0 Å². The maximum absolute atomic E-state index is 4.27. The van der Waals surface area contributed by atoms with Crippen LogP contribution in [0.15, 0.2) is 12.4 Å². The van der Waals surface area contributed by atoms with Crippen LogP contribution in [0.2, 0.25) is 0 Å². The fourth-order valence-corrected chi connectivity index (χ4v) is 2.05. The first kappa shape index (κ1) is 11.3. The van der Waals surface area contributed by atoms with E-state index in [1.165, 1.54) is 12.8 Å². The van der Waals surface area contributed by atoms with Gasteiger partial charge >= 0.3 is 0 Å². The number of nitrogens with one attached hydrogen (secondary N) is 1. The molecular formula is C11H19N5. The van der Waals surface area contributed by atoms with Crippen LogP contribution in [-0.4, -0.2) is 40.4 Å². The van der Waals surface area contributed by atoms with Crippen molar-refractivity contribution >= 4 is 5.95 Å². The third-order valence-corrected chi connectivity index (χ3v) is 2.93. The van der Waals surface area contributed by atoms with E-state index < -0.39 is 0 Å². The van der Waals surface area contributed by atoms with Gasteiger partial charge in [0.2, 0.25) is 5.95 Å². The molecule has 5 nitrogen and oxygen atoms in total. The van der Waals surface area contributed by atoms with Crippen LogP contribution in [0.25, 0.3) is 0 Å². The Morgan fingerprint density at radius 1 is 1.50 bits per heavy atom. The first-order valence-corrected chi connectivity index (χ1v) is 5.91. The monoisotopic (exact) mass is 221 g/mol. The zero-order valence-corrected chi connectivity index (χ0v) is 9.93. The van der Waals surface area contributed by atoms with Crippen molar-refractivity contribution in [3.8, 4) is 0 Å². The molecule has 1 N–H and O–H groups in total. The summed E-state index contributed by atoms with van der Waals surface area (Å²) >= 11 is 0. The molecule has 1 aliphatic heterocycles. The first-order chi connectivity index (χ1) is 7.77. The van der Waals surface area contributed by atoms with Gasteiger partial charge in [-0.2, -0.15) is 5.10 Å². The Labute approximate surface area is 96.3 Å². The molecule has 0 radical (unpaired) electrons. The predicted octanol–water partition coefficient (Wildman–Crippen LogP) is 0.838. The lowest BCUT2D eigenvalue weighted by atomic mass is 10.2. The molecule has 5 heteroatoms. The lowest BCUT2D eigenvalue weighted by Gasteiger charge is -2.28. The number of nitrogens with zero attached hydrogens (tertiary/aromatic N) is 4. The number of aromatic nitrogens is 3. The largest absolute Gasteiger partial charge is 0.336 e. The molecule has 1 saturated heterocycles. The number of hydrogen-bond donors (Lipinski definition) is 1. The summed E-state index contributed by atoms with van der Waals surface area (Å²) in [5, 5.41) is 11.5. The van der Waals surface area contributed by atoms with E-state index in [2.05, 4.69) is 39.2 Å². The standard InChI is InChI=1S/C11H19N5/c1-9(2)16(8-10-4-3-5-12-10)11-13-6-7-14-15-11/h6-7,9-10,12H,3-5,8H2,1-2H3. The topological polar surface area (TPSA) is 53.9 Å². The van der Waals surface area contributed by atoms with Gasteiger partial charge in [0.25, 0.3) is 0 Å². The molecule has 1 fully saturated rings. The average Bonchev–Trinajstić information content (AvgIpc) is 2.79. The van der Waals surface area contributed by atoms with Gasteiger partial charge < -0.3 is 10.2 Å². The van der Waals surface area contributed by atoms with E-state index in [-0.39, 0.29) is 0 Å². The SMILES string of the molecule is CC(C)N(CC1CCCN1)c1nccnn1. The van der Waals surface area contributed by atoms with E-state index in [4.69, 9.17) is 0 Å². The Hall–Kier alpha value is -1.23. The second-order valence-corrected chi connectivity index (χ2v) is 4.48. The maximum Gasteiger partial charge on any atom is 0.245 e. The lowest BCUT2D eigenvalue weighted by Crippen LogP contribution is -2.42. The Kier molecular flexibility index (Phi) is 3.66. The highest BCUT2D eigenvalue weighted by molar-refractivity contribution is 5.29. The molecule has 2 heterocycles. The first-order valence-electron chi connectivity index (χ1n) is 5.91. The molecule has 0 bridgehead atoms. The van der Waals surface area contributed by atoms with Gasteiger partial charge in [0.15, 0.2) is 0 Å². The zero-order valence-electron chi connectivity index (χ0n) is 9.93. The van der Waals surface area contributed by atoms with Crippen LogP contribution >= 0.6 is 0 Å². The van der Waals surface area contributed by atoms with Gasteiger partial charge in [-0.1, -0.05) is 0 Å². The highest BCUT2D eigenvalue weighted by atomic mass is 15.3. The number of hydrogen-bond acceptors (Lipinski definition) is 5. The second-order valence-electron chi connectivity index (χ2n) is 4.48. The molecule has 0 spiro atoms. The Bertz CT molecular complexity index is 307. The van der Waals surface area contributed by atoms with Gasteiger partial charge in [-0.25, -0.2) is 4.98 Å². The van der Waals surface area contributed by atoms with E-state index in [0.717, 1.165) is 19.0 Å². The normalized spacial score (nSPS) is 20.3. The summed E-state index contributed by atoms with van der Waals surface area (Å²) in [6, 6.07) is 0.956. The predicted molar refractivity (Wildman–Crippen MR) is 63.3 cm³/mol. The third-order valence-electron chi connectivity index (χ3n) is 2.93. The van der Waals surface area contributed by atoms with Gasteiger partial charge in [0, 0.05) is 18.6 Å². The molecule has 1 aromatic heterocycles. The smallest absolute Gasteiger partial charge is 0.245 e. The molecule has 0 aliphatic carbocycles. The summed E-state index contributed by atoms with van der Waals surface area (Å²) < 4.78 is 0. The van der Waals surface area contributed by atoms with Crippen LogP contribution in [0, 0.1) is 0 Å². The fraction of sp³-hybridized carbons (Fsp3) is 0.727. The van der Waals surface area contributed by atoms with Crippen molar-refractivity contribution in [2.45, 2.75) is 38.8 Å². The zero-order chi connectivity index (χ0) is 11.4. The molecule has 1 aromatic rings. The van der Waals surface area contributed by atoms with Crippen molar-refractivity contribution in [3.05, 3.63) is 12.4 Å². The highest BCUT2D eigenvalue weighted by Crippen LogP contribution is 2.13. The minimum Gasteiger partial charge on any atom is -0.336 e. The van der Waals surface area contributed by atoms with E-state index >= 15 is 0 Å². The third kappa shape index (κ3) is 2.66. The number of rotatable bonds is 4. The average molecular weight is 221 g/mol. The minimum atomic E-state index is 0.395. The van der Waals surface area contributed by atoms with Crippen LogP contribution in [-0.2, 0) is 0 Å². The van der Waals surface area contributed by atoms with E-state index in [0.29, 0.717) is 12.1 Å². The summed E-state index contributed by atoms with van der Waals surface area (Å²) in [7, 11) is 0. The van der Waals surface area contributed by atoms with E-state index in [1.807, 2.05) is 0 Å². The molecule has 0 saturated carbocycles. The molecule has 0 aromatic carbocycles. The Morgan fingerprint density at radius 3 is 2.94 bits per heavy atom. The van der Waals surface area contributed by atoms with Crippen LogP contribution in [0.1, 0.15) is 26.7 Å². The summed E-state index contributed by atoms with van der Waals surface area (Å²) in [6.45, 7) is 6.41. The van der Waals surface area contributed by atoms with Crippen LogP contribution in [0.5, 0.6) is 0 Å². The highest BCUT2D eigenvalue weighted by Gasteiger charge is 2.21. The van der Waals surface area contributed by atoms with Crippen molar-refractivity contribution in [2.75, 3.05) is 18.0 Å². The quantitative estimate of drug-likeness (QED) is 0.816.